The van der Waals surface area contributed by atoms with Gasteiger partial charge in [-0.2, -0.15) is 0 Å². The van der Waals surface area contributed by atoms with Crippen LogP contribution in [0.15, 0.2) is 53.1 Å². The minimum absolute atomic E-state index is 0.0903. The molecule has 0 aliphatic rings. The molecule has 0 aliphatic heterocycles. The van der Waals surface area contributed by atoms with Crippen LogP contribution in [0, 0.1) is 5.82 Å². The van der Waals surface area contributed by atoms with Crippen molar-refractivity contribution in [3.8, 4) is 0 Å². The monoisotopic (exact) mass is 356 g/mol. The Hall–Kier alpha value is -3.22. The van der Waals surface area contributed by atoms with Crippen molar-refractivity contribution < 1.29 is 23.2 Å². The number of nitrogens with zero attached hydrogens (tertiary/aromatic N) is 2. The predicted octanol–water partition coefficient (Wildman–Crippen LogP) is 3.11. The lowest BCUT2D eigenvalue weighted by Gasteiger charge is -2.20. The molecular weight excluding hydrogens is 339 g/mol. The summed E-state index contributed by atoms with van der Waals surface area (Å²) in [5.74, 6) is -1.35. The van der Waals surface area contributed by atoms with Gasteiger partial charge in [0, 0.05) is 17.6 Å². The summed E-state index contributed by atoms with van der Waals surface area (Å²) in [7, 11) is 0. The highest BCUT2D eigenvalue weighted by Gasteiger charge is 2.18. The number of amides is 1. The van der Waals surface area contributed by atoms with E-state index in [-0.39, 0.29) is 12.2 Å². The minimum Gasteiger partial charge on any atom is -0.455 e. The zero-order chi connectivity index (χ0) is 18.5. The topological polar surface area (TPSA) is 72.6 Å². The van der Waals surface area contributed by atoms with Crippen molar-refractivity contribution >= 4 is 28.5 Å². The average Bonchev–Trinajstić information content (AvgIpc) is 3.05. The summed E-state index contributed by atoms with van der Waals surface area (Å²) in [4.78, 5) is 25.7. The Balaban J connectivity index is 1.59. The number of rotatable bonds is 6. The van der Waals surface area contributed by atoms with Gasteiger partial charge in [-0.1, -0.05) is 17.3 Å². The molecule has 6 nitrogen and oxygen atoms in total. The van der Waals surface area contributed by atoms with E-state index in [1.807, 2.05) is 12.1 Å². The van der Waals surface area contributed by atoms with Crippen LogP contribution >= 0.6 is 0 Å². The Morgan fingerprint density at radius 3 is 2.62 bits per heavy atom. The normalized spacial score (nSPS) is 10.7. The van der Waals surface area contributed by atoms with Crippen LogP contribution in [0.2, 0.25) is 0 Å². The number of para-hydroxylation sites is 1. The summed E-state index contributed by atoms with van der Waals surface area (Å²) in [6.07, 6.45) is -0.0903. The van der Waals surface area contributed by atoms with Gasteiger partial charge in [-0.3, -0.25) is 9.59 Å². The Labute approximate surface area is 149 Å². The maximum absolute atomic E-state index is 13.0. The molecule has 0 N–H and O–H groups in total. The molecule has 26 heavy (non-hydrogen) atoms. The zero-order valence-electron chi connectivity index (χ0n) is 14.1. The molecule has 0 saturated carbocycles. The number of carbonyl (C=O) groups excluding carboxylic acids is 2. The van der Waals surface area contributed by atoms with Gasteiger partial charge in [0.2, 0.25) is 0 Å². The summed E-state index contributed by atoms with van der Waals surface area (Å²) in [6, 6.07) is 12.7. The van der Waals surface area contributed by atoms with E-state index in [0.717, 1.165) is 5.39 Å². The van der Waals surface area contributed by atoms with Crippen LogP contribution in [0.5, 0.6) is 0 Å². The molecule has 2 aromatic carbocycles. The van der Waals surface area contributed by atoms with Gasteiger partial charge in [-0.25, -0.2) is 4.39 Å². The van der Waals surface area contributed by atoms with Crippen molar-refractivity contribution in [2.75, 3.05) is 18.1 Å². The molecule has 0 fully saturated rings. The first-order chi connectivity index (χ1) is 12.6. The van der Waals surface area contributed by atoms with E-state index in [1.165, 1.54) is 29.2 Å². The second-order valence-electron chi connectivity index (χ2n) is 5.58. The fourth-order valence-corrected chi connectivity index (χ4v) is 2.60. The Morgan fingerprint density at radius 1 is 1.15 bits per heavy atom. The number of ether oxygens (including phenoxy) is 1. The molecule has 0 atom stereocenters. The van der Waals surface area contributed by atoms with Crippen molar-refractivity contribution in [2.45, 2.75) is 13.3 Å². The smallest absolute Gasteiger partial charge is 0.312 e. The number of esters is 1. The van der Waals surface area contributed by atoms with Crippen molar-refractivity contribution in [3.05, 3.63) is 60.0 Å². The molecule has 1 amide bonds. The van der Waals surface area contributed by atoms with Gasteiger partial charge in [-0.05, 0) is 43.3 Å². The molecule has 0 saturated heterocycles. The number of hydrogen-bond donors (Lipinski definition) is 0. The first-order valence-corrected chi connectivity index (χ1v) is 8.13. The largest absolute Gasteiger partial charge is 0.455 e. The molecule has 1 heterocycles. The van der Waals surface area contributed by atoms with Gasteiger partial charge < -0.3 is 14.2 Å². The van der Waals surface area contributed by atoms with Crippen LogP contribution in [-0.4, -0.2) is 30.2 Å². The number of benzene rings is 2. The van der Waals surface area contributed by atoms with Crippen molar-refractivity contribution in [1.29, 1.82) is 0 Å². The molecule has 0 radical (unpaired) electrons. The average molecular weight is 356 g/mol. The maximum atomic E-state index is 13.0. The number of hydrogen-bond acceptors (Lipinski definition) is 5. The highest BCUT2D eigenvalue weighted by Crippen LogP contribution is 2.18. The second kappa shape index (κ2) is 7.77. The van der Waals surface area contributed by atoms with Crippen LogP contribution in [0.25, 0.3) is 11.0 Å². The molecule has 3 aromatic rings. The summed E-state index contributed by atoms with van der Waals surface area (Å²) >= 11 is 0. The molecule has 7 heteroatoms. The molecule has 0 bridgehead atoms. The molecule has 3 rings (SSSR count). The van der Waals surface area contributed by atoms with E-state index in [4.69, 9.17) is 9.26 Å². The molecular formula is C19H17FN2O4. The van der Waals surface area contributed by atoms with E-state index in [9.17, 15) is 14.0 Å². The first kappa shape index (κ1) is 17.6. The van der Waals surface area contributed by atoms with Crippen molar-refractivity contribution in [2.24, 2.45) is 0 Å². The molecule has 0 aliphatic carbocycles. The van der Waals surface area contributed by atoms with Crippen molar-refractivity contribution in [1.82, 2.24) is 5.16 Å². The number of likely N-dealkylation sites (N-methyl/N-ethyl adjacent to an activating group) is 1. The predicted molar refractivity (Wildman–Crippen MR) is 93.1 cm³/mol. The highest BCUT2D eigenvalue weighted by molar-refractivity contribution is 5.95. The molecule has 0 spiro atoms. The third-order valence-corrected chi connectivity index (χ3v) is 3.88. The maximum Gasteiger partial charge on any atom is 0.312 e. The van der Waals surface area contributed by atoms with Gasteiger partial charge in [0.1, 0.15) is 11.5 Å². The van der Waals surface area contributed by atoms with Crippen molar-refractivity contribution in [3.63, 3.8) is 0 Å². The molecule has 1 aromatic heterocycles. The lowest BCUT2D eigenvalue weighted by Crippen LogP contribution is -2.34. The number of anilines is 1. The molecule has 0 unspecified atom stereocenters. The highest BCUT2D eigenvalue weighted by atomic mass is 19.1. The second-order valence-corrected chi connectivity index (χ2v) is 5.58. The summed E-state index contributed by atoms with van der Waals surface area (Å²) in [5.41, 5.74) is 1.58. The Morgan fingerprint density at radius 2 is 1.88 bits per heavy atom. The van der Waals surface area contributed by atoms with Crippen LogP contribution in [-0.2, 0) is 20.7 Å². The number of halogens is 1. The summed E-state index contributed by atoms with van der Waals surface area (Å²) < 4.78 is 23.2. The van der Waals surface area contributed by atoms with Crippen LogP contribution < -0.4 is 4.90 Å². The number of fused-ring (bicyclic) bond motifs is 1. The van der Waals surface area contributed by atoms with E-state index < -0.39 is 18.5 Å². The quantitative estimate of drug-likeness (QED) is 0.635. The van der Waals surface area contributed by atoms with Gasteiger partial charge >= 0.3 is 5.97 Å². The number of aromatic nitrogens is 1. The third kappa shape index (κ3) is 3.88. The van der Waals surface area contributed by atoms with Crippen LogP contribution in [0.1, 0.15) is 12.6 Å². The lowest BCUT2D eigenvalue weighted by molar-refractivity contribution is -0.147. The lowest BCUT2D eigenvalue weighted by atomic mass is 10.2. The fourth-order valence-electron chi connectivity index (χ4n) is 2.60. The van der Waals surface area contributed by atoms with E-state index in [1.54, 1.807) is 19.1 Å². The Bertz CT molecular complexity index is 921. The van der Waals surface area contributed by atoms with E-state index in [0.29, 0.717) is 23.5 Å². The van der Waals surface area contributed by atoms with Gasteiger partial charge in [-0.15, -0.1) is 0 Å². The van der Waals surface area contributed by atoms with Gasteiger partial charge in [0.25, 0.3) is 5.91 Å². The number of carbonyl (C=O) groups is 2. The summed E-state index contributed by atoms with van der Waals surface area (Å²) in [6.45, 7) is 1.75. The zero-order valence-corrected chi connectivity index (χ0v) is 14.1. The van der Waals surface area contributed by atoms with E-state index in [2.05, 4.69) is 5.16 Å². The Kier molecular flexibility index (Phi) is 5.26. The minimum atomic E-state index is -0.576. The van der Waals surface area contributed by atoms with Crippen LogP contribution in [0.3, 0.4) is 0 Å². The first-order valence-electron chi connectivity index (χ1n) is 8.13. The molecule has 134 valence electrons. The standard InChI is InChI=1S/C19H17FN2O4/c1-2-22(14-9-7-13(20)8-10-14)18(23)12-25-19(24)11-16-15-5-3-4-6-17(15)26-21-16/h3-10H,2,11-12H2,1H3. The van der Waals surface area contributed by atoms with Crippen LogP contribution in [0.4, 0.5) is 10.1 Å². The van der Waals surface area contributed by atoms with E-state index >= 15 is 0 Å². The van der Waals surface area contributed by atoms with Gasteiger partial charge in [0.15, 0.2) is 12.2 Å². The SMILES string of the molecule is CCN(C(=O)COC(=O)Cc1noc2ccccc12)c1ccc(F)cc1. The fraction of sp³-hybridized carbons (Fsp3) is 0.211. The summed E-state index contributed by atoms with van der Waals surface area (Å²) in [5, 5.41) is 4.60. The third-order valence-electron chi connectivity index (χ3n) is 3.88. The van der Waals surface area contributed by atoms with Gasteiger partial charge in [0.05, 0.1) is 6.42 Å².